The summed E-state index contributed by atoms with van der Waals surface area (Å²) < 4.78 is 0. The van der Waals surface area contributed by atoms with Crippen molar-refractivity contribution < 1.29 is 4.79 Å². The second-order valence-electron chi connectivity index (χ2n) is 3.93. The lowest BCUT2D eigenvalue weighted by molar-refractivity contribution is -0.117. The van der Waals surface area contributed by atoms with E-state index in [-0.39, 0.29) is 0 Å². The van der Waals surface area contributed by atoms with Gasteiger partial charge in [0.25, 0.3) is 0 Å². The molecule has 2 heteroatoms. The van der Waals surface area contributed by atoms with Crippen LogP contribution >= 0.6 is 0 Å². The largest absolute Gasteiger partial charge is 0.317 e. The van der Waals surface area contributed by atoms with Gasteiger partial charge in [0.05, 0.1) is 0 Å². The Labute approximate surface area is 88.5 Å². The van der Waals surface area contributed by atoms with Crippen LogP contribution in [0.25, 0.3) is 0 Å². The molecule has 0 unspecified atom stereocenters. The number of ketones is 1. The Hall–Kier alpha value is -0.370. The molecule has 1 N–H and O–H groups in total. The van der Waals surface area contributed by atoms with Crippen LogP contribution in [0.2, 0.25) is 0 Å². The summed E-state index contributed by atoms with van der Waals surface area (Å²) in [4.78, 5) is 10.6. The van der Waals surface area contributed by atoms with E-state index in [1.807, 2.05) is 0 Å². The molecule has 0 radical (unpaired) electrons. The number of unbranched alkanes of at least 4 members (excludes halogenated alkanes) is 5. The van der Waals surface area contributed by atoms with E-state index < -0.39 is 0 Å². The van der Waals surface area contributed by atoms with Crippen LogP contribution < -0.4 is 5.32 Å². The van der Waals surface area contributed by atoms with Crippen molar-refractivity contribution in [3.05, 3.63) is 0 Å². The second-order valence-corrected chi connectivity index (χ2v) is 3.93. The lowest BCUT2D eigenvalue weighted by atomic mass is 10.1. The van der Waals surface area contributed by atoms with Crippen molar-refractivity contribution in [2.24, 2.45) is 0 Å². The van der Waals surface area contributed by atoms with Gasteiger partial charge in [-0.2, -0.15) is 0 Å². The van der Waals surface area contributed by atoms with Crippen molar-refractivity contribution in [2.45, 2.75) is 58.8 Å². The molecule has 0 spiro atoms. The third-order valence-electron chi connectivity index (χ3n) is 2.38. The number of Topliss-reactive ketones (excluding diaryl/α,β-unsaturated/α-hetero) is 1. The zero-order valence-corrected chi connectivity index (χ0v) is 9.77. The highest BCUT2D eigenvalue weighted by Crippen LogP contribution is 2.06. The molecular weight excluding hydrogens is 174 g/mol. The highest BCUT2D eigenvalue weighted by atomic mass is 16.1. The monoisotopic (exact) mass is 199 g/mol. The predicted molar refractivity (Wildman–Crippen MR) is 61.5 cm³/mol. The Morgan fingerprint density at radius 3 is 2.14 bits per heavy atom. The molecule has 0 aromatic carbocycles. The van der Waals surface area contributed by atoms with Gasteiger partial charge in [0, 0.05) is 6.42 Å². The fourth-order valence-electron chi connectivity index (χ4n) is 1.51. The zero-order chi connectivity index (χ0) is 10.6. The molecule has 84 valence electrons. The van der Waals surface area contributed by atoms with Crippen LogP contribution in [0.1, 0.15) is 58.8 Å². The molecule has 0 fully saturated rings. The van der Waals surface area contributed by atoms with Crippen LogP contribution in [-0.2, 0) is 4.79 Å². The van der Waals surface area contributed by atoms with Crippen LogP contribution in [0.3, 0.4) is 0 Å². The van der Waals surface area contributed by atoms with Gasteiger partial charge in [0.15, 0.2) is 0 Å². The maximum Gasteiger partial charge on any atom is 0.129 e. The van der Waals surface area contributed by atoms with E-state index in [9.17, 15) is 4.79 Å². The topological polar surface area (TPSA) is 29.1 Å². The lowest BCUT2D eigenvalue weighted by Crippen LogP contribution is -2.13. The van der Waals surface area contributed by atoms with Gasteiger partial charge in [-0.15, -0.1) is 0 Å². The maximum absolute atomic E-state index is 10.6. The summed E-state index contributed by atoms with van der Waals surface area (Å²) in [6, 6.07) is 0. The predicted octanol–water partition coefficient (Wildman–Crippen LogP) is 2.92. The molecule has 0 amide bonds. The molecule has 2 nitrogen and oxygen atoms in total. The molecule has 0 aliphatic carbocycles. The van der Waals surface area contributed by atoms with E-state index in [1.165, 1.54) is 32.1 Å². The Morgan fingerprint density at radius 2 is 1.57 bits per heavy atom. The van der Waals surface area contributed by atoms with Gasteiger partial charge in [-0.05, 0) is 32.9 Å². The normalized spacial score (nSPS) is 10.4. The van der Waals surface area contributed by atoms with Crippen LogP contribution in [0, 0.1) is 0 Å². The first-order chi connectivity index (χ1) is 6.77. The zero-order valence-electron chi connectivity index (χ0n) is 9.77. The molecule has 14 heavy (non-hydrogen) atoms. The molecule has 0 saturated carbocycles. The van der Waals surface area contributed by atoms with Crippen molar-refractivity contribution >= 4 is 5.78 Å². The van der Waals surface area contributed by atoms with Crippen molar-refractivity contribution in [3.63, 3.8) is 0 Å². The van der Waals surface area contributed by atoms with Crippen molar-refractivity contribution in [1.82, 2.24) is 5.32 Å². The molecule has 0 heterocycles. The van der Waals surface area contributed by atoms with E-state index in [2.05, 4.69) is 12.2 Å². The first kappa shape index (κ1) is 13.6. The number of rotatable bonds is 10. The number of hydrogen-bond acceptors (Lipinski definition) is 2. The molecule has 0 bridgehead atoms. The second kappa shape index (κ2) is 10.7. The minimum absolute atomic E-state index is 0.331. The van der Waals surface area contributed by atoms with E-state index in [1.54, 1.807) is 6.92 Å². The smallest absolute Gasteiger partial charge is 0.129 e. The molecule has 0 aliphatic rings. The third kappa shape index (κ3) is 11.6. The molecule has 0 saturated heterocycles. The van der Waals surface area contributed by atoms with E-state index in [0.29, 0.717) is 5.78 Å². The average Bonchev–Trinajstić information content (AvgIpc) is 2.15. The Bertz CT molecular complexity index is 134. The quantitative estimate of drug-likeness (QED) is 0.548. The fourth-order valence-corrected chi connectivity index (χ4v) is 1.51. The maximum atomic E-state index is 10.6. The standard InChI is InChI=1S/C12H25NO/c1-3-13-11-9-7-5-4-6-8-10-12(2)14/h13H,3-11H2,1-2H3. The van der Waals surface area contributed by atoms with Gasteiger partial charge in [-0.3, -0.25) is 0 Å². The van der Waals surface area contributed by atoms with E-state index in [4.69, 9.17) is 0 Å². The average molecular weight is 199 g/mol. The SMILES string of the molecule is CCNCCCCCCCCC(C)=O. The third-order valence-corrected chi connectivity index (χ3v) is 2.38. The van der Waals surface area contributed by atoms with Crippen molar-refractivity contribution in [1.29, 1.82) is 0 Å². The molecule has 0 atom stereocenters. The summed E-state index contributed by atoms with van der Waals surface area (Å²) in [5.74, 6) is 0.331. The summed E-state index contributed by atoms with van der Waals surface area (Å²) in [6.07, 6.45) is 8.32. The summed E-state index contributed by atoms with van der Waals surface area (Å²) in [5.41, 5.74) is 0. The van der Waals surface area contributed by atoms with Gasteiger partial charge in [-0.25, -0.2) is 0 Å². The molecular formula is C12H25NO. The van der Waals surface area contributed by atoms with Crippen LogP contribution in [-0.4, -0.2) is 18.9 Å². The minimum atomic E-state index is 0.331. The Morgan fingerprint density at radius 1 is 1.00 bits per heavy atom. The summed E-state index contributed by atoms with van der Waals surface area (Å²) in [7, 11) is 0. The first-order valence-electron chi connectivity index (χ1n) is 5.97. The van der Waals surface area contributed by atoms with Gasteiger partial charge in [-0.1, -0.05) is 32.6 Å². The summed E-state index contributed by atoms with van der Waals surface area (Å²) in [6.45, 7) is 6.06. The molecule has 0 aromatic heterocycles. The van der Waals surface area contributed by atoms with Gasteiger partial charge in [0.2, 0.25) is 0 Å². The minimum Gasteiger partial charge on any atom is -0.317 e. The summed E-state index contributed by atoms with van der Waals surface area (Å²) >= 11 is 0. The van der Waals surface area contributed by atoms with Crippen LogP contribution in [0.15, 0.2) is 0 Å². The Balaban J connectivity index is 2.88. The number of nitrogens with one attached hydrogen (secondary N) is 1. The highest BCUT2D eigenvalue weighted by molar-refractivity contribution is 5.75. The first-order valence-corrected chi connectivity index (χ1v) is 5.97. The van der Waals surface area contributed by atoms with Crippen LogP contribution in [0.5, 0.6) is 0 Å². The fraction of sp³-hybridized carbons (Fsp3) is 0.917. The number of carbonyl (C=O) groups is 1. The number of carbonyl (C=O) groups excluding carboxylic acids is 1. The van der Waals surface area contributed by atoms with Crippen molar-refractivity contribution in [3.8, 4) is 0 Å². The van der Waals surface area contributed by atoms with Gasteiger partial charge in [0.1, 0.15) is 5.78 Å². The summed E-state index contributed by atoms with van der Waals surface area (Å²) in [5, 5.41) is 3.32. The number of hydrogen-bond donors (Lipinski definition) is 1. The van der Waals surface area contributed by atoms with Gasteiger partial charge >= 0.3 is 0 Å². The lowest BCUT2D eigenvalue weighted by Gasteiger charge is -2.01. The van der Waals surface area contributed by atoms with E-state index >= 15 is 0 Å². The molecule has 0 aromatic rings. The van der Waals surface area contributed by atoms with Gasteiger partial charge < -0.3 is 10.1 Å². The molecule has 0 aliphatic heterocycles. The molecule has 0 rings (SSSR count). The van der Waals surface area contributed by atoms with Crippen LogP contribution in [0.4, 0.5) is 0 Å². The Kier molecular flexibility index (Phi) is 10.4. The van der Waals surface area contributed by atoms with E-state index in [0.717, 1.165) is 25.9 Å². The highest BCUT2D eigenvalue weighted by Gasteiger charge is 1.94. The van der Waals surface area contributed by atoms with Crippen molar-refractivity contribution in [2.75, 3.05) is 13.1 Å².